The summed E-state index contributed by atoms with van der Waals surface area (Å²) in [4.78, 5) is 11.9. The SMILES string of the molecule is C#CC12C=C(C#N)C(=O)C=C1c1c(Cl)cccc1C2. The van der Waals surface area contributed by atoms with Gasteiger partial charge in [0.05, 0.1) is 11.0 Å². The number of nitriles is 1. The fourth-order valence-electron chi connectivity index (χ4n) is 2.75. The molecule has 0 N–H and O–H groups in total. The lowest BCUT2D eigenvalue weighted by atomic mass is 9.76. The largest absolute Gasteiger partial charge is 0.288 e. The fourth-order valence-corrected chi connectivity index (χ4v) is 3.05. The minimum Gasteiger partial charge on any atom is -0.288 e. The Kier molecular flexibility index (Phi) is 2.39. The molecule has 0 radical (unpaired) electrons. The Balaban J connectivity index is 2.31. The van der Waals surface area contributed by atoms with E-state index in [9.17, 15) is 4.79 Å². The van der Waals surface area contributed by atoms with Gasteiger partial charge in [-0.25, -0.2) is 0 Å². The molecule has 0 fully saturated rings. The highest BCUT2D eigenvalue weighted by Crippen LogP contribution is 2.51. The van der Waals surface area contributed by atoms with E-state index in [0.29, 0.717) is 11.4 Å². The molecular formula is C16H8ClNO. The van der Waals surface area contributed by atoms with E-state index in [4.69, 9.17) is 23.3 Å². The van der Waals surface area contributed by atoms with Crippen molar-refractivity contribution in [1.82, 2.24) is 0 Å². The second-order valence-electron chi connectivity index (χ2n) is 4.66. The van der Waals surface area contributed by atoms with Gasteiger partial charge in [-0.2, -0.15) is 5.26 Å². The summed E-state index contributed by atoms with van der Waals surface area (Å²) in [6, 6.07) is 7.49. The molecule has 2 nitrogen and oxygen atoms in total. The quantitative estimate of drug-likeness (QED) is 0.677. The van der Waals surface area contributed by atoms with E-state index in [1.807, 2.05) is 18.2 Å². The first-order valence-corrected chi connectivity index (χ1v) is 6.14. The van der Waals surface area contributed by atoms with Crippen molar-refractivity contribution in [3.8, 4) is 18.4 Å². The van der Waals surface area contributed by atoms with E-state index in [-0.39, 0.29) is 11.4 Å². The molecule has 0 saturated heterocycles. The summed E-state index contributed by atoms with van der Waals surface area (Å²) in [7, 11) is 0. The van der Waals surface area contributed by atoms with Gasteiger partial charge in [0.15, 0.2) is 5.78 Å². The van der Waals surface area contributed by atoms with Crippen LogP contribution in [0.25, 0.3) is 5.57 Å². The number of hydrogen-bond acceptors (Lipinski definition) is 2. The van der Waals surface area contributed by atoms with Gasteiger partial charge in [-0.15, -0.1) is 6.42 Å². The van der Waals surface area contributed by atoms with Gasteiger partial charge in [0.1, 0.15) is 6.07 Å². The molecule has 1 unspecified atom stereocenters. The summed E-state index contributed by atoms with van der Waals surface area (Å²) in [5, 5.41) is 9.59. The van der Waals surface area contributed by atoms with Gasteiger partial charge >= 0.3 is 0 Å². The Labute approximate surface area is 116 Å². The molecular weight excluding hydrogens is 258 g/mol. The van der Waals surface area contributed by atoms with Gasteiger partial charge in [0.25, 0.3) is 0 Å². The normalized spacial score (nSPS) is 23.6. The maximum Gasteiger partial charge on any atom is 0.196 e. The molecule has 2 aliphatic carbocycles. The number of hydrogen-bond donors (Lipinski definition) is 0. The summed E-state index contributed by atoms with van der Waals surface area (Å²) in [5.41, 5.74) is 1.97. The number of carbonyl (C=O) groups is 1. The Bertz CT molecular complexity index is 758. The third-order valence-corrected chi connectivity index (χ3v) is 3.94. The standard InChI is InChI=1S/C16H8ClNO/c1-2-16-7-10-4-3-5-13(17)15(10)12(16)6-14(19)11(8-16)9-18/h1,3-6,8H,7H2. The van der Waals surface area contributed by atoms with Crippen LogP contribution in [0.5, 0.6) is 0 Å². The highest BCUT2D eigenvalue weighted by molar-refractivity contribution is 6.33. The lowest BCUT2D eigenvalue weighted by molar-refractivity contribution is -0.111. The number of fused-ring (bicyclic) bond motifs is 3. The van der Waals surface area contributed by atoms with Gasteiger partial charge in [-0.1, -0.05) is 29.7 Å². The van der Waals surface area contributed by atoms with Crippen molar-refractivity contribution < 1.29 is 4.79 Å². The molecule has 0 heterocycles. The number of halogens is 1. The number of carbonyl (C=O) groups excluding carboxylic acids is 1. The molecule has 3 rings (SSSR count). The van der Waals surface area contributed by atoms with Crippen LogP contribution in [0.15, 0.2) is 35.9 Å². The second-order valence-corrected chi connectivity index (χ2v) is 5.07. The smallest absolute Gasteiger partial charge is 0.196 e. The maximum absolute atomic E-state index is 11.9. The Hall–Kier alpha value is -2.29. The highest BCUT2D eigenvalue weighted by Gasteiger charge is 2.43. The monoisotopic (exact) mass is 265 g/mol. The summed E-state index contributed by atoms with van der Waals surface area (Å²) in [5.74, 6) is 2.42. The third kappa shape index (κ3) is 1.48. The minimum absolute atomic E-state index is 0.102. The van der Waals surface area contributed by atoms with E-state index >= 15 is 0 Å². The summed E-state index contributed by atoms with van der Waals surface area (Å²) >= 11 is 6.22. The molecule has 0 amide bonds. The van der Waals surface area contributed by atoms with Gasteiger partial charge in [0.2, 0.25) is 0 Å². The Morgan fingerprint density at radius 3 is 2.89 bits per heavy atom. The van der Waals surface area contributed by atoms with Gasteiger partial charge in [0, 0.05) is 10.6 Å². The van der Waals surface area contributed by atoms with Crippen molar-refractivity contribution in [3.05, 3.63) is 52.1 Å². The predicted octanol–water partition coefficient (Wildman–Crippen LogP) is 2.93. The fraction of sp³-hybridized carbons (Fsp3) is 0.125. The van der Waals surface area contributed by atoms with Crippen LogP contribution in [0, 0.1) is 29.1 Å². The lowest BCUT2D eigenvalue weighted by Gasteiger charge is -2.24. The average molecular weight is 266 g/mol. The van der Waals surface area contributed by atoms with Crippen LogP contribution < -0.4 is 0 Å². The molecule has 19 heavy (non-hydrogen) atoms. The zero-order valence-electron chi connectivity index (χ0n) is 9.90. The number of allylic oxidation sites excluding steroid dienone is 4. The number of ketones is 1. The molecule has 0 saturated carbocycles. The van der Waals surface area contributed by atoms with Gasteiger partial charge in [-0.05, 0) is 35.8 Å². The predicted molar refractivity (Wildman–Crippen MR) is 73.1 cm³/mol. The maximum atomic E-state index is 11.9. The van der Waals surface area contributed by atoms with Gasteiger partial charge in [-0.3, -0.25) is 4.79 Å². The van der Waals surface area contributed by atoms with Crippen LogP contribution in [0.1, 0.15) is 11.1 Å². The van der Waals surface area contributed by atoms with Crippen molar-refractivity contribution in [3.63, 3.8) is 0 Å². The van der Waals surface area contributed by atoms with Crippen molar-refractivity contribution in [1.29, 1.82) is 5.26 Å². The first-order chi connectivity index (χ1) is 9.11. The molecule has 1 atom stereocenters. The van der Waals surface area contributed by atoms with Crippen LogP contribution in [0.4, 0.5) is 0 Å². The average Bonchev–Trinajstić information content (AvgIpc) is 2.73. The van der Waals surface area contributed by atoms with Crippen molar-refractivity contribution in [2.24, 2.45) is 5.41 Å². The first-order valence-electron chi connectivity index (χ1n) is 5.76. The van der Waals surface area contributed by atoms with Crippen LogP contribution >= 0.6 is 11.6 Å². The molecule has 3 heteroatoms. The molecule has 1 aromatic rings. The second kappa shape index (κ2) is 3.85. The molecule has 0 aliphatic heterocycles. The minimum atomic E-state index is -0.716. The van der Waals surface area contributed by atoms with Crippen LogP contribution in [-0.4, -0.2) is 5.78 Å². The van der Waals surface area contributed by atoms with Crippen LogP contribution in [0.3, 0.4) is 0 Å². The van der Waals surface area contributed by atoms with E-state index in [1.165, 1.54) is 6.08 Å². The van der Waals surface area contributed by atoms with E-state index < -0.39 is 5.41 Å². The Morgan fingerprint density at radius 1 is 1.42 bits per heavy atom. The number of terminal acetylenes is 1. The van der Waals surface area contributed by atoms with Crippen LogP contribution in [-0.2, 0) is 11.2 Å². The van der Waals surface area contributed by atoms with E-state index in [1.54, 1.807) is 12.1 Å². The molecule has 2 aliphatic rings. The van der Waals surface area contributed by atoms with Gasteiger partial charge < -0.3 is 0 Å². The van der Waals surface area contributed by atoms with Crippen molar-refractivity contribution >= 4 is 23.0 Å². The summed E-state index contributed by atoms with van der Waals surface area (Å²) in [6.07, 6.45) is 9.30. The molecule has 0 aromatic heterocycles. The molecule has 0 spiro atoms. The number of benzene rings is 1. The number of rotatable bonds is 0. The Morgan fingerprint density at radius 2 is 2.21 bits per heavy atom. The molecule has 90 valence electrons. The number of nitrogens with zero attached hydrogens (tertiary/aromatic N) is 1. The van der Waals surface area contributed by atoms with Crippen molar-refractivity contribution in [2.45, 2.75) is 6.42 Å². The zero-order chi connectivity index (χ0) is 13.6. The summed E-state index contributed by atoms with van der Waals surface area (Å²) in [6.45, 7) is 0. The first kappa shape index (κ1) is 11.8. The molecule has 0 bridgehead atoms. The van der Waals surface area contributed by atoms with E-state index in [2.05, 4.69) is 5.92 Å². The summed E-state index contributed by atoms with van der Waals surface area (Å²) < 4.78 is 0. The molecule has 1 aromatic carbocycles. The zero-order valence-corrected chi connectivity index (χ0v) is 10.7. The van der Waals surface area contributed by atoms with E-state index in [0.717, 1.165) is 16.7 Å². The topological polar surface area (TPSA) is 40.9 Å². The van der Waals surface area contributed by atoms with Crippen LogP contribution in [0.2, 0.25) is 5.02 Å². The third-order valence-electron chi connectivity index (χ3n) is 3.63. The lowest BCUT2D eigenvalue weighted by Crippen LogP contribution is -2.21. The highest BCUT2D eigenvalue weighted by atomic mass is 35.5. The van der Waals surface area contributed by atoms with Crippen molar-refractivity contribution in [2.75, 3.05) is 0 Å².